The molecule has 0 radical (unpaired) electrons. The minimum absolute atomic E-state index is 0.0564. The van der Waals surface area contributed by atoms with Crippen LogP contribution in [0.3, 0.4) is 0 Å². The van der Waals surface area contributed by atoms with Crippen LogP contribution in [0.1, 0.15) is 75.7 Å². The Bertz CT molecular complexity index is 475. The maximum Gasteiger partial charge on any atom is 0.251 e. The van der Waals surface area contributed by atoms with E-state index in [1.165, 1.54) is 12.8 Å². The number of phenols is 1. The average Bonchev–Trinajstić information content (AvgIpc) is 2.43. The molecule has 0 unspecified atom stereocenters. The number of nitrogens with one attached hydrogen (secondary N) is 1. The van der Waals surface area contributed by atoms with Crippen LogP contribution >= 0.6 is 0 Å². The van der Waals surface area contributed by atoms with E-state index in [9.17, 15) is 9.90 Å². The van der Waals surface area contributed by atoms with Crippen LogP contribution in [0.2, 0.25) is 0 Å². The molecular weight excluding hydrogens is 274 g/mol. The van der Waals surface area contributed by atoms with Gasteiger partial charge in [-0.3, -0.25) is 4.79 Å². The Morgan fingerprint density at radius 3 is 2.55 bits per heavy atom. The monoisotopic (exact) mass is 305 g/mol. The number of hydrogen-bond acceptors (Lipinski definition) is 2. The summed E-state index contributed by atoms with van der Waals surface area (Å²) in [6, 6.07) is 5.15. The Balaban J connectivity index is 2.57. The van der Waals surface area contributed by atoms with E-state index in [0.717, 1.165) is 31.2 Å². The van der Waals surface area contributed by atoms with Gasteiger partial charge >= 0.3 is 0 Å². The lowest BCUT2D eigenvalue weighted by Crippen LogP contribution is -2.27. The summed E-state index contributed by atoms with van der Waals surface area (Å²) in [5, 5.41) is 12.9. The van der Waals surface area contributed by atoms with Crippen LogP contribution in [0.25, 0.3) is 0 Å². The quantitative estimate of drug-likeness (QED) is 0.685. The van der Waals surface area contributed by atoms with E-state index in [1.807, 2.05) is 6.07 Å². The van der Waals surface area contributed by atoms with Crippen LogP contribution in [0, 0.1) is 5.41 Å². The molecule has 0 bridgehead atoms. The molecule has 0 fully saturated rings. The average molecular weight is 305 g/mol. The third-order valence-corrected chi connectivity index (χ3v) is 3.80. The number of carbonyl (C=O) groups is 1. The summed E-state index contributed by atoms with van der Waals surface area (Å²) in [7, 11) is 0. The van der Waals surface area contributed by atoms with Gasteiger partial charge in [0.15, 0.2) is 0 Å². The number of amides is 1. The van der Waals surface area contributed by atoms with Crippen molar-refractivity contribution in [2.45, 2.75) is 66.2 Å². The van der Waals surface area contributed by atoms with Crippen molar-refractivity contribution in [3.05, 3.63) is 29.3 Å². The first-order valence-corrected chi connectivity index (χ1v) is 8.43. The first kappa shape index (κ1) is 18.5. The van der Waals surface area contributed by atoms with E-state index >= 15 is 0 Å². The number of unbranched alkanes of at least 4 members (excludes halogenated alkanes) is 3. The Morgan fingerprint density at radius 2 is 1.91 bits per heavy atom. The Labute approximate surface area is 135 Å². The van der Waals surface area contributed by atoms with Gasteiger partial charge in [-0.05, 0) is 48.4 Å². The van der Waals surface area contributed by atoms with Gasteiger partial charge in [0.1, 0.15) is 5.75 Å². The highest BCUT2D eigenvalue weighted by molar-refractivity contribution is 5.94. The van der Waals surface area contributed by atoms with Gasteiger partial charge in [-0.1, -0.05) is 47.0 Å². The summed E-state index contributed by atoms with van der Waals surface area (Å²) in [6.07, 6.45) is 6.40. The summed E-state index contributed by atoms with van der Waals surface area (Å²) in [5.41, 5.74) is 1.73. The topological polar surface area (TPSA) is 49.3 Å². The minimum atomic E-state index is -0.0564. The zero-order chi connectivity index (χ0) is 16.6. The molecule has 3 nitrogen and oxygen atoms in total. The molecule has 2 N–H and O–H groups in total. The highest BCUT2D eigenvalue weighted by Gasteiger charge is 2.12. The molecular formula is C19H31NO2. The van der Waals surface area contributed by atoms with Crippen LogP contribution in [0.15, 0.2) is 18.2 Å². The van der Waals surface area contributed by atoms with E-state index in [-0.39, 0.29) is 11.3 Å². The second-order valence-electron chi connectivity index (χ2n) is 7.22. The van der Waals surface area contributed by atoms with Crippen LogP contribution < -0.4 is 5.32 Å². The fraction of sp³-hybridized carbons (Fsp3) is 0.632. The molecule has 0 atom stereocenters. The van der Waals surface area contributed by atoms with Crippen LogP contribution in [0.4, 0.5) is 0 Å². The lowest BCUT2D eigenvalue weighted by Gasteiger charge is -2.18. The molecule has 1 amide bonds. The molecule has 1 rings (SSSR count). The van der Waals surface area contributed by atoms with Crippen molar-refractivity contribution in [3.63, 3.8) is 0 Å². The molecule has 1 aromatic rings. The fourth-order valence-corrected chi connectivity index (χ4v) is 2.32. The largest absolute Gasteiger partial charge is 0.508 e. The van der Waals surface area contributed by atoms with Crippen molar-refractivity contribution in [1.82, 2.24) is 5.32 Å². The molecule has 0 heterocycles. The van der Waals surface area contributed by atoms with E-state index in [0.29, 0.717) is 17.9 Å². The number of aromatic hydroxyl groups is 1. The fourth-order valence-electron chi connectivity index (χ4n) is 2.32. The molecule has 3 heteroatoms. The molecule has 0 saturated carbocycles. The molecule has 1 aromatic carbocycles. The number of carbonyl (C=O) groups excluding carboxylic acids is 1. The third-order valence-electron chi connectivity index (χ3n) is 3.80. The highest BCUT2D eigenvalue weighted by atomic mass is 16.3. The van der Waals surface area contributed by atoms with Gasteiger partial charge in [-0.2, -0.15) is 0 Å². The SMILES string of the molecule is CCCCCCc1cc(C(=O)NCCC(C)(C)C)ccc1O. The Kier molecular flexibility index (Phi) is 7.43. The van der Waals surface area contributed by atoms with Crippen LogP contribution in [-0.4, -0.2) is 17.6 Å². The van der Waals surface area contributed by atoms with Crippen molar-refractivity contribution in [3.8, 4) is 5.75 Å². The van der Waals surface area contributed by atoms with Gasteiger partial charge in [0, 0.05) is 12.1 Å². The molecule has 0 saturated heterocycles. The maximum absolute atomic E-state index is 12.2. The molecule has 0 aliphatic heterocycles. The van der Waals surface area contributed by atoms with Gasteiger partial charge in [-0.25, -0.2) is 0 Å². The smallest absolute Gasteiger partial charge is 0.251 e. The summed E-state index contributed by atoms with van der Waals surface area (Å²) < 4.78 is 0. The predicted octanol–water partition coefficient (Wildman–Crippen LogP) is 4.68. The van der Waals surface area contributed by atoms with Crippen molar-refractivity contribution in [2.24, 2.45) is 5.41 Å². The van der Waals surface area contributed by atoms with E-state index < -0.39 is 0 Å². The molecule has 124 valence electrons. The van der Waals surface area contributed by atoms with Gasteiger partial charge in [0.2, 0.25) is 0 Å². The number of aryl methyl sites for hydroxylation is 1. The highest BCUT2D eigenvalue weighted by Crippen LogP contribution is 2.21. The molecule has 0 aromatic heterocycles. The second kappa shape index (κ2) is 8.82. The minimum Gasteiger partial charge on any atom is -0.508 e. The van der Waals surface area contributed by atoms with E-state index in [2.05, 4.69) is 33.0 Å². The summed E-state index contributed by atoms with van der Waals surface area (Å²) >= 11 is 0. The van der Waals surface area contributed by atoms with Gasteiger partial charge in [0.05, 0.1) is 0 Å². The zero-order valence-electron chi connectivity index (χ0n) is 14.5. The molecule has 22 heavy (non-hydrogen) atoms. The van der Waals surface area contributed by atoms with Gasteiger partial charge < -0.3 is 10.4 Å². The predicted molar refractivity (Wildman–Crippen MR) is 92.4 cm³/mol. The number of hydrogen-bond donors (Lipinski definition) is 2. The maximum atomic E-state index is 12.2. The second-order valence-corrected chi connectivity index (χ2v) is 7.22. The van der Waals surface area contributed by atoms with Crippen molar-refractivity contribution in [1.29, 1.82) is 0 Å². The number of rotatable bonds is 8. The molecule has 0 aliphatic rings. The van der Waals surface area contributed by atoms with E-state index in [4.69, 9.17) is 0 Å². The van der Waals surface area contributed by atoms with Crippen LogP contribution in [-0.2, 0) is 6.42 Å². The van der Waals surface area contributed by atoms with Gasteiger partial charge in [-0.15, -0.1) is 0 Å². The lowest BCUT2D eigenvalue weighted by molar-refractivity contribution is 0.0949. The van der Waals surface area contributed by atoms with E-state index in [1.54, 1.807) is 12.1 Å². The normalized spacial score (nSPS) is 11.5. The first-order chi connectivity index (χ1) is 10.3. The van der Waals surface area contributed by atoms with Gasteiger partial charge in [0.25, 0.3) is 5.91 Å². The Morgan fingerprint density at radius 1 is 1.18 bits per heavy atom. The van der Waals surface area contributed by atoms with Crippen molar-refractivity contribution < 1.29 is 9.90 Å². The third kappa shape index (κ3) is 6.97. The number of benzene rings is 1. The summed E-state index contributed by atoms with van der Waals surface area (Å²) in [5.74, 6) is 0.238. The summed E-state index contributed by atoms with van der Waals surface area (Å²) in [6.45, 7) is 9.34. The van der Waals surface area contributed by atoms with Crippen LogP contribution in [0.5, 0.6) is 5.75 Å². The van der Waals surface area contributed by atoms with Crippen molar-refractivity contribution in [2.75, 3.05) is 6.54 Å². The lowest BCUT2D eigenvalue weighted by atomic mass is 9.92. The molecule has 0 spiro atoms. The first-order valence-electron chi connectivity index (χ1n) is 8.43. The summed E-state index contributed by atoms with van der Waals surface area (Å²) in [4.78, 5) is 12.2. The molecule has 0 aliphatic carbocycles. The standard InChI is InChI=1S/C19H31NO2/c1-5-6-7-8-9-15-14-16(10-11-17(15)21)18(22)20-13-12-19(2,3)4/h10-11,14,21H,5-9,12-13H2,1-4H3,(H,20,22). The van der Waals surface area contributed by atoms with Crippen molar-refractivity contribution >= 4 is 5.91 Å². The Hall–Kier alpha value is -1.51. The zero-order valence-corrected chi connectivity index (χ0v) is 14.5. The number of phenolic OH excluding ortho intramolecular Hbond substituents is 1.